The highest BCUT2D eigenvalue weighted by molar-refractivity contribution is 5.66. The molecule has 84 valence electrons. The first-order chi connectivity index (χ1) is 7.11. The van der Waals surface area contributed by atoms with E-state index in [1.807, 2.05) is 19.1 Å². The first kappa shape index (κ1) is 11.9. The highest BCUT2D eigenvalue weighted by Crippen LogP contribution is 2.14. The Balaban J connectivity index is 2.37. The quantitative estimate of drug-likeness (QED) is 0.398. The lowest BCUT2D eigenvalue weighted by Gasteiger charge is -2.24. The number of hydrogen-bond donors (Lipinski definition) is 0. The zero-order valence-corrected chi connectivity index (χ0v) is 9.01. The van der Waals surface area contributed by atoms with E-state index in [2.05, 4.69) is 0 Å². The number of carbonyl (C=O) groups excluding carboxylic acids is 2. The highest BCUT2D eigenvalue weighted by Gasteiger charge is 2.19. The third-order valence-corrected chi connectivity index (χ3v) is 2.17. The topological polar surface area (TPSA) is 52.6 Å². The van der Waals surface area contributed by atoms with Gasteiger partial charge in [0.15, 0.2) is 0 Å². The Bertz CT molecular complexity index is 259. The molecule has 0 radical (unpaired) electrons. The molecule has 1 rings (SSSR count). The van der Waals surface area contributed by atoms with Gasteiger partial charge in [0.2, 0.25) is 0 Å². The minimum atomic E-state index is -0.312. The van der Waals surface area contributed by atoms with Gasteiger partial charge in [-0.25, -0.2) is 0 Å². The van der Waals surface area contributed by atoms with Gasteiger partial charge in [-0.2, -0.15) is 0 Å². The van der Waals surface area contributed by atoms with Crippen LogP contribution >= 0.6 is 0 Å². The molecular weight excluding hydrogens is 196 g/mol. The molecule has 1 heterocycles. The maximum Gasteiger partial charge on any atom is 0.303 e. The van der Waals surface area contributed by atoms with Gasteiger partial charge in [-0.3, -0.25) is 4.79 Å². The lowest BCUT2D eigenvalue weighted by atomic mass is 10.0. The lowest BCUT2D eigenvalue weighted by Crippen LogP contribution is -2.29. The Hall–Kier alpha value is -1.16. The molecule has 15 heavy (non-hydrogen) atoms. The minimum Gasteiger partial charge on any atom is -0.456 e. The van der Waals surface area contributed by atoms with Crippen LogP contribution in [0.15, 0.2) is 12.2 Å². The average molecular weight is 212 g/mol. The number of rotatable bonds is 4. The molecule has 0 fully saturated rings. The van der Waals surface area contributed by atoms with Crippen LogP contribution in [0.3, 0.4) is 0 Å². The van der Waals surface area contributed by atoms with Gasteiger partial charge < -0.3 is 14.3 Å². The Morgan fingerprint density at radius 1 is 1.67 bits per heavy atom. The summed E-state index contributed by atoms with van der Waals surface area (Å²) in [5.41, 5.74) is 0. The highest BCUT2D eigenvalue weighted by atomic mass is 16.6. The van der Waals surface area contributed by atoms with Crippen molar-refractivity contribution in [2.24, 2.45) is 5.92 Å². The maximum absolute atomic E-state index is 10.7. The summed E-state index contributed by atoms with van der Waals surface area (Å²) in [6.45, 7) is 3.59. The van der Waals surface area contributed by atoms with Crippen molar-refractivity contribution < 1.29 is 19.1 Å². The van der Waals surface area contributed by atoms with Gasteiger partial charge in [-0.15, -0.1) is 0 Å². The summed E-state index contributed by atoms with van der Waals surface area (Å²) in [6.07, 6.45) is 4.91. The number of aldehydes is 1. The molecule has 1 aliphatic rings. The SMILES string of the molecule is CC(=O)O[C@@H]1C=C[C@H](C[C@H](C)C=O)OC1. The molecule has 0 amide bonds. The molecule has 0 aliphatic carbocycles. The van der Waals surface area contributed by atoms with E-state index in [1.165, 1.54) is 6.92 Å². The minimum absolute atomic E-state index is 0.00933. The van der Waals surface area contributed by atoms with Crippen LogP contribution in [0.25, 0.3) is 0 Å². The molecule has 0 spiro atoms. The van der Waals surface area contributed by atoms with Gasteiger partial charge in [-0.1, -0.05) is 13.0 Å². The van der Waals surface area contributed by atoms with E-state index in [4.69, 9.17) is 9.47 Å². The number of carbonyl (C=O) groups is 2. The fourth-order valence-electron chi connectivity index (χ4n) is 1.43. The predicted molar refractivity (Wildman–Crippen MR) is 54.3 cm³/mol. The van der Waals surface area contributed by atoms with E-state index < -0.39 is 0 Å². The summed E-state index contributed by atoms with van der Waals surface area (Å²) in [5, 5.41) is 0. The van der Waals surface area contributed by atoms with E-state index in [0.29, 0.717) is 13.0 Å². The fourth-order valence-corrected chi connectivity index (χ4v) is 1.43. The van der Waals surface area contributed by atoms with Crippen LogP contribution in [0.5, 0.6) is 0 Å². The standard InChI is InChI=1S/C11H16O4/c1-8(6-12)5-10-3-4-11(7-14-10)15-9(2)13/h3-4,6,8,10-11H,5,7H2,1-2H3/t8-,10+,11+/m0/s1. The molecule has 0 saturated carbocycles. The van der Waals surface area contributed by atoms with Gasteiger partial charge in [0.25, 0.3) is 0 Å². The Morgan fingerprint density at radius 2 is 2.40 bits per heavy atom. The van der Waals surface area contributed by atoms with E-state index >= 15 is 0 Å². The van der Waals surface area contributed by atoms with Crippen molar-refractivity contribution >= 4 is 12.3 Å². The molecule has 0 N–H and O–H groups in total. The predicted octanol–water partition coefficient (Wildman–Crippen LogP) is 1.10. The van der Waals surface area contributed by atoms with E-state index in [9.17, 15) is 9.59 Å². The van der Waals surface area contributed by atoms with Crippen LogP contribution in [0.2, 0.25) is 0 Å². The van der Waals surface area contributed by atoms with Gasteiger partial charge in [0.05, 0.1) is 12.7 Å². The molecule has 0 unspecified atom stereocenters. The molecule has 4 nitrogen and oxygen atoms in total. The third-order valence-electron chi connectivity index (χ3n) is 2.17. The van der Waals surface area contributed by atoms with Gasteiger partial charge in [0.1, 0.15) is 12.4 Å². The maximum atomic E-state index is 10.7. The summed E-state index contributed by atoms with van der Waals surface area (Å²) >= 11 is 0. The van der Waals surface area contributed by atoms with E-state index in [-0.39, 0.29) is 24.1 Å². The lowest BCUT2D eigenvalue weighted by molar-refractivity contribution is -0.148. The monoisotopic (exact) mass is 212 g/mol. The Morgan fingerprint density at radius 3 is 2.87 bits per heavy atom. The molecule has 0 aromatic rings. The summed E-state index contributed by atoms with van der Waals surface area (Å²) in [6, 6.07) is 0. The van der Waals surface area contributed by atoms with Crippen LogP contribution < -0.4 is 0 Å². The summed E-state index contributed by atoms with van der Waals surface area (Å²) in [5.74, 6) is -0.321. The van der Waals surface area contributed by atoms with Crippen LogP contribution in [-0.2, 0) is 19.1 Å². The van der Waals surface area contributed by atoms with Crippen molar-refractivity contribution in [2.45, 2.75) is 32.5 Å². The normalized spacial score (nSPS) is 27.1. The molecule has 0 saturated heterocycles. The van der Waals surface area contributed by atoms with Gasteiger partial charge >= 0.3 is 5.97 Å². The van der Waals surface area contributed by atoms with Crippen LogP contribution in [0, 0.1) is 5.92 Å². The van der Waals surface area contributed by atoms with Gasteiger partial charge in [0, 0.05) is 12.8 Å². The second-order valence-corrected chi connectivity index (χ2v) is 3.75. The van der Waals surface area contributed by atoms with Crippen molar-refractivity contribution in [3.05, 3.63) is 12.2 Å². The molecule has 0 aromatic carbocycles. The molecule has 3 atom stereocenters. The second-order valence-electron chi connectivity index (χ2n) is 3.75. The molecule has 4 heteroatoms. The summed E-state index contributed by atoms with van der Waals surface area (Å²) in [7, 11) is 0. The van der Waals surface area contributed by atoms with Gasteiger partial charge in [-0.05, 0) is 12.5 Å². The van der Waals surface area contributed by atoms with Crippen LogP contribution in [0.1, 0.15) is 20.3 Å². The van der Waals surface area contributed by atoms with Crippen molar-refractivity contribution in [1.82, 2.24) is 0 Å². The van der Waals surface area contributed by atoms with E-state index in [0.717, 1.165) is 6.29 Å². The fraction of sp³-hybridized carbons (Fsp3) is 0.636. The average Bonchev–Trinajstić information content (AvgIpc) is 2.20. The van der Waals surface area contributed by atoms with Crippen molar-refractivity contribution in [3.8, 4) is 0 Å². The second kappa shape index (κ2) is 5.66. The van der Waals surface area contributed by atoms with Crippen molar-refractivity contribution in [2.75, 3.05) is 6.61 Å². The first-order valence-corrected chi connectivity index (χ1v) is 5.04. The van der Waals surface area contributed by atoms with E-state index in [1.54, 1.807) is 0 Å². The Labute approximate surface area is 89.2 Å². The smallest absolute Gasteiger partial charge is 0.303 e. The van der Waals surface area contributed by atoms with Crippen molar-refractivity contribution in [3.63, 3.8) is 0 Å². The number of ether oxygens (including phenoxy) is 2. The molecule has 0 bridgehead atoms. The zero-order chi connectivity index (χ0) is 11.3. The van der Waals surface area contributed by atoms with Crippen LogP contribution in [0.4, 0.5) is 0 Å². The number of esters is 1. The number of hydrogen-bond acceptors (Lipinski definition) is 4. The molecule has 0 aromatic heterocycles. The summed E-state index contributed by atoms with van der Waals surface area (Å²) in [4.78, 5) is 21.1. The third kappa shape index (κ3) is 4.25. The van der Waals surface area contributed by atoms with Crippen molar-refractivity contribution in [1.29, 1.82) is 0 Å². The first-order valence-electron chi connectivity index (χ1n) is 5.04. The largest absolute Gasteiger partial charge is 0.456 e. The Kier molecular flexibility index (Phi) is 4.49. The van der Waals surface area contributed by atoms with Crippen LogP contribution in [-0.4, -0.2) is 31.1 Å². The summed E-state index contributed by atoms with van der Waals surface area (Å²) < 4.78 is 10.4. The zero-order valence-electron chi connectivity index (χ0n) is 9.01. The molecular formula is C11H16O4. The molecule has 1 aliphatic heterocycles.